The van der Waals surface area contributed by atoms with Crippen LogP contribution in [0.2, 0.25) is 0 Å². The van der Waals surface area contributed by atoms with Gasteiger partial charge in [0.1, 0.15) is 17.7 Å². The van der Waals surface area contributed by atoms with Crippen molar-refractivity contribution < 1.29 is 19.1 Å². The van der Waals surface area contributed by atoms with Crippen molar-refractivity contribution in [2.45, 2.75) is 70.1 Å². The zero-order chi connectivity index (χ0) is 34.7. The Balaban J connectivity index is 1.16. The van der Waals surface area contributed by atoms with Gasteiger partial charge in [-0.2, -0.15) is 0 Å². The molecule has 0 saturated carbocycles. The van der Waals surface area contributed by atoms with Crippen molar-refractivity contribution >= 4 is 23.3 Å². The molecule has 13 nitrogen and oxygen atoms in total. The summed E-state index contributed by atoms with van der Waals surface area (Å²) in [6, 6.07) is 13.0. The van der Waals surface area contributed by atoms with E-state index < -0.39 is 6.03 Å². The van der Waals surface area contributed by atoms with E-state index >= 15 is 0 Å². The van der Waals surface area contributed by atoms with Gasteiger partial charge in [-0.15, -0.1) is 10.2 Å². The van der Waals surface area contributed by atoms with Gasteiger partial charge in [0.15, 0.2) is 23.1 Å². The van der Waals surface area contributed by atoms with Crippen molar-refractivity contribution in [1.82, 2.24) is 39.7 Å². The molecule has 3 atom stereocenters. The van der Waals surface area contributed by atoms with Gasteiger partial charge in [0, 0.05) is 24.4 Å². The van der Waals surface area contributed by atoms with Crippen molar-refractivity contribution in [3.8, 4) is 5.75 Å². The Kier molecular flexibility index (Phi) is 10.2. The minimum Gasteiger partial charge on any atom is -0.484 e. The third-order valence-corrected chi connectivity index (χ3v) is 9.11. The fourth-order valence-corrected chi connectivity index (χ4v) is 6.33. The normalized spacial score (nSPS) is 19.9. The number of urea groups is 1. The predicted molar refractivity (Wildman–Crippen MR) is 186 cm³/mol. The molecule has 1 aliphatic heterocycles. The standard InChI is InChI=1S/C36H47N9O4/c1-36(2,3)30-20-31(39-33(38-30)28(46)12-9-17-43(4)5)40-35(47)37-26-14-15-29(25-11-8-7-10-24(25)26)49-23-13-16-32-41-42-34(45(32)21-23)27-22-48-19-18-44(27)6/h7-8,10-11,13,16,20-21,26-27,29H,9,12,14-15,17-19,22H2,1-6H3,(H2,37,38,39,40,47)/t26-,27-,29+/m0/s1. The van der Waals surface area contributed by atoms with Crippen LogP contribution in [0.15, 0.2) is 48.7 Å². The van der Waals surface area contributed by atoms with E-state index in [-0.39, 0.29) is 35.2 Å². The Morgan fingerprint density at radius 3 is 2.61 bits per heavy atom. The first-order chi connectivity index (χ1) is 23.5. The summed E-state index contributed by atoms with van der Waals surface area (Å²) < 4.78 is 14.3. The number of likely N-dealkylation sites (N-methyl/N-ethyl adjacent to an activating group) is 1. The Hall–Kier alpha value is -4.46. The van der Waals surface area contributed by atoms with Crippen molar-refractivity contribution in [1.29, 1.82) is 0 Å². The molecule has 2 N–H and O–H groups in total. The minimum atomic E-state index is -0.397. The van der Waals surface area contributed by atoms with Crippen molar-refractivity contribution in [2.24, 2.45) is 0 Å². The number of benzene rings is 1. The lowest BCUT2D eigenvalue weighted by atomic mass is 9.85. The number of hydrogen-bond donors (Lipinski definition) is 2. The summed E-state index contributed by atoms with van der Waals surface area (Å²) in [5, 5.41) is 14.9. The number of Topliss-reactive ketones (excluding diaryl/α,β-unsaturated/α-hetero) is 1. The van der Waals surface area contributed by atoms with E-state index in [0.717, 1.165) is 35.7 Å². The molecule has 1 fully saturated rings. The number of rotatable bonds is 10. The second-order valence-corrected chi connectivity index (χ2v) is 14.2. The van der Waals surface area contributed by atoms with E-state index in [0.29, 0.717) is 56.2 Å². The van der Waals surface area contributed by atoms with Gasteiger partial charge in [-0.3, -0.25) is 19.4 Å². The lowest BCUT2D eigenvalue weighted by Gasteiger charge is -2.32. The summed E-state index contributed by atoms with van der Waals surface area (Å²) in [4.78, 5) is 39.7. The molecule has 4 heterocycles. The highest BCUT2D eigenvalue weighted by Crippen LogP contribution is 2.39. The lowest BCUT2D eigenvalue weighted by molar-refractivity contribution is 0.00144. The van der Waals surface area contributed by atoms with Crippen LogP contribution in [0, 0.1) is 0 Å². The van der Waals surface area contributed by atoms with Crippen molar-refractivity contribution in [2.75, 3.05) is 52.8 Å². The second-order valence-electron chi connectivity index (χ2n) is 14.2. The van der Waals surface area contributed by atoms with Crippen LogP contribution >= 0.6 is 0 Å². The summed E-state index contributed by atoms with van der Waals surface area (Å²) in [5.41, 5.74) is 3.11. The zero-order valence-corrected chi connectivity index (χ0v) is 29.3. The van der Waals surface area contributed by atoms with Crippen LogP contribution in [0.25, 0.3) is 5.65 Å². The number of pyridine rings is 1. The number of carbonyl (C=O) groups excluding carboxylic acids is 2. The molecule has 6 rings (SSSR count). The average Bonchev–Trinajstić information content (AvgIpc) is 3.48. The molecule has 0 spiro atoms. The monoisotopic (exact) mass is 669 g/mol. The first-order valence-corrected chi connectivity index (χ1v) is 17.0. The minimum absolute atomic E-state index is 0.00921. The highest BCUT2D eigenvalue weighted by molar-refractivity contribution is 5.94. The van der Waals surface area contributed by atoms with Gasteiger partial charge in [0.25, 0.3) is 0 Å². The van der Waals surface area contributed by atoms with Gasteiger partial charge in [-0.05, 0) is 70.2 Å². The van der Waals surface area contributed by atoms with E-state index in [2.05, 4.69) is 48.8 Å². The Morgan fingerprint density at radius 1 is 1.06 bits per heavy atom. The highest BCUT2D eigenvalue weighted by atomic mass is 16.5. The van der Waals surface area contributed by atoms with Crippen molar-refractivity contribution in [3.05, 3.63) is 77.1 Å². The zero-order valence-electron chi connectivity index (χ0n) is 29.3. The van der Waals surface area contributed by atoms with Gasteiger partial charge < -0.3 is 19.7 Å². The number of carbonyl (C=O) groups is 2. The predicted octanol–water partition coefficient (Wildman–Crippen LogP) is 5.12. The van der Waals surface area contributed by atoms with Crippen LogP contribution in [-0.4, -0.2) is 93.6 Å². The third-order valence-electron chi connectivity index (χ3n) is 9.11. The van der Waals surface area contributed by atoms with Gasteiger partial charge in [0.2, 0.25) is 0 Å². The molecule has 2 amide bonds. The number of nitrogens with one attached hydrogen (secondary N) is 2. The van der Waals surface area contributed by atoms with Gasteiger partial charge in [-0.25, -0.2) is 14.8 Å². The summed E-state index contributed by atoms with van der Waals surface area (Å²) in [6.07, 6.45) is 4.15. The van der Waals surface area contributed by atoms with Crippen molar-refractivity contribution in [3.63, 3.8) is 0 Å². The second kappa shape index (κ2) is 14.6. The summed E-state index contributed by atoms with van der Waals surface area (Å²) >= 11 is 0. The molecule has 13 heteroatoms. The molecule has 0 bridgehead atoms. The smallest absolute Gasteiger partial charge is 0.320 e. The molecule has 4 aromatic rings. The summed E-state index contributed by atoms with van der Waals surface area (Å²) in [7, 11) is 6.02. The fourth-order valence-electron chi connectivity index (χ4n) is 6.33. The van der Waals surface area contributed by atoms with Gasteiger partial charge >= 0.3 is 6.03 Å². The van der Waals surface area contributed by atoms with Gasteiger partial charge in [-0.1, -0.05) is 45.0 Å². The lowest BCUT2D eigenvalue weighted by Crippen LogP contribution is -2.37. The molecule has 3 aromatic heterocycles. The van der Waals surface area contributed by atoms with E-state index in [1.807, 2.05) is 80.7 Å². The molecule has 260 valence electrons. The van der Waals surface area contributed by atoms with E-state index in [9.17, 15) is 9.59 Å². The molecule has 1 saturated heterocycles. The maximum Gasteiger partial charge on any atom is 0.320 e. The molecular formula is C36H47N9O4. The topological polar surface area (TPSA) is 139 Å². The molecule has 0 unspecified atom stereocenters. The number of aromatic nitrogens is 5. The van der Waals surface area contributed by atoms with E-state index in [4.69, 9.17) is 9.47 Å². The van der Waals surface area contributed by atoms with Crippen LogP contribution in [0.3, 0.4) is 0 Å². The van der Waals surface area contributed by atoms with E-state index in [1.165, 1.54) is 0 Å². The number of anilines is 1. The highest BCUT2D eigenvalue weighted by Gasteiger charge is 2.31. The quantitative estimate of drug-likeness (QED) is 0.219. The van der Waals surface area contributed by atoms with Crippen LogP contribution in [-0.2, 0) is 10.2 Å². The van der Waals surface area contributed by atoms with Crippen LogP contribution in [0.4, 0.5) is 10.6 Å². The first kappa shape index (κ1) is 34.4. The molecule has 2 aliphatic rings. The van der Waals surface area contributed by atoms with Gasteiger partial charge in [0.05, 0.1) is 37.2 Å². The van der Waals surface area contributed by atoms with Crippen LogP contribution in [0.5, 0.6) is 5.75 Å². The molecule has 1 aromatic carbocycles. The Bertz CT molecular complexity index is 1800. The summed E-state index contributed by atoms with van der Waals surface area (Å²) in [5.74, 6) is 1.82. The number of ketones is 1. The number of hydrogen-bond acceptors (Lipinski definition) is 10. The fraction of sp³-hybridized carbons (Fsp3) is 0.500. The molecule has 0 radical (unpaired) electrons. The van der Waals surface area contributed by atoms with Crippen LogP contribution in [0.1, 0.15) is 97.9 Å². The Morgan fingerprint density at radius 2 is 1.86 bits per heavy atom. The molecular weight excluding hydrogens is 622 g/mol. The van der Waals surface area contributed by atoms with Crippen LogP contribution < -0.4 is 15.4 Å². The summed E-state index contributed by atoms with van der Waals surface area (Å²) in [6.45, 7) is 8.94. The maximum absolute atomic E-state index is 13.4. The first-order valence-electron chi connectivity index (χ1n) is 17.0. The number of morpholine rings is 1. The maximum atomic E-state index is 13.4. The number of amides is 2. The number of ether oxygens (including phenoxy) is 2. The molecule has 49 heavy (non-hydrogen) atoms. The SMILES string of the molecule is CN(C)CCCC(=O)c1nc(NC(=O)N[C@H]2CC[C@@H](Oc3ccc4nnc([C@@H]5COCCN5C)n4c3)c3ccccc32)cc(C(C)(C)C)n1. The largest absolute Gasteiger partial charge is 0.484 e. The number of nitrogens with zero attached hydrogens (tertiary/aromatic N) is 7. The van der Waals surface area contributed by atoms with E-state index in [1.54, 1.807) is 6.07 Å². The Labute approximate surface area is 287 Å². The molecule has 1 aliphatic carbocycles. The number of fused-ring (bicyclic) bond motifs is 2. The average molecular weight is 670 g/mol. The third kappa shape index (κ3) is 8.06.